The van der Waals surface area contributed by atoms with Gasteiger partial charge in [0.2, 0.25) is 0 Å². The molecule has 7 heteroatoms. The van der Waals surface area contributed by atoms with Gasteiger partial charge < -0.3 is 15.4 Å². The van der Waals surface area contributed by atoms with Crippen LogP contribution in [-0.4, -0.2) is 17.9 Å². The molecule has 0 aliphatic carbocycles. The lowest BCUT2D eigenvalue weighted by Gasteiger charge is -2.11. The smallest absolute Gasteiger partial charge is 0.274 e. The van der Waals surface area contributed by atoms with Gasteiger partial charge in [-0.1, -0.05) is 36.4 Å². The molecule has 2 aromatic carbocycles. The summed E-state index contributed by atoms with van der Waals surface area (Å²) in [5.41, 5.74) is 2.07. The Bertz CT molecular complexity index is 861. The average Bonchev–Trinajstić information content (AvgIpc) is 2.64. The number of hydrogen-bond donors (Lipinski definition) is 2. The predicted octanol–water partition coefficient (Wildman–Crippen LogP) is 4.69. The molecular weight excluding hydrogens is 385 g/mol. The molecule has 27 heavy (non-hydrogen) atoms. The lowest BCUT2D eigenvalue weighted by Crippen LogP contribution is -2.16. The summed E-state index contributed by atoms with van der Waals surface area (Å²) >= 11 is 0. The minimum atomic E-state index is -0.276. The normalized spacial score (nSPS) is 9.52. The lowest BCUT2D eigenvalue weighted by molar-refractivity contribution is 0.102. The highest BCUT2D eigenvalue weighted by Gasteiger charge is 2.11. The van der Waals surface area contributed by atoms with Crippen molar-refractivity contribution in [3.8, 4) is 11.5 Å². The number of hydrogen-bond acceptors (Lipinski definition) is 4. The van der Waals surface area contributed by atoms with E-state index >= 15 is 0 Å². The number of aromatic nitrogens is 1. The molecule has 0 bridgehead atoms. The third kappa shape index (κ3) is 6.25. The third-order valence-corrected chi connectivity index (χ3v) is 3.58. The highest BCUT2D eigenvalue weighted by molar-refractivity contribution is 6.03. The summed E-state index contributed by atoms with van der Waals surface area (Å²) in [5, 5.41) is 5.99. The van der Waals surface area contributed by atoms with Gasteiger partial charge in [-0.3, -0.25) is 9.78 Å². The molecule has 3 rings (SSSR count). The van der Waals surface area contributed by atoms with E-state index in [1.165, 1.54) is 0 Å². The van der Waals surface area contributed by atoms with E-state index in [0.717, 1.165) is 11.3 Å². The van der Waals surface area contributed by atoms with Gasteiger partial charge in [-0.05, 0) is 36.9 Å². The minimum Gasteiger partial charge on any atom is -0.457 e. The topological polar surface area (TPSA) is 63.2 Å². The van der Waals surface area contributed by atoms with Crippen molar-refractivity contribution in [1.82, 2.24) is 10.3 Å². The average molecular weight is 406 g/mol. The Hall–Kier alpha value is -2.60. The van der Waals surface area contributed by atoms with Crippen molar-refractivity contribution in [2.75, 3.05) is 12.4 Å². The van der Waals surface area contributed by atoms with Crippen LogP contribution in [0.2, 0.25) is 0 Å². The Morgan fingerprint density at radius 2 is 1.67 bits per heavy atom. The number of carbonyl (C=O) groups is 1. The van der Waals surface area contributed by atoms with Crippen LogP contribution in [0.1, 0.15) is 16.1 Å². The van der Waals surface area contributed by atoms with E-state index in [9.17, 15) is 4.79 Å². The molecule has 1 amide bonds. The van der Waals surface area contributed by atoms with E-state index in [2.05, 4.69) is 15.6 Å². The number of carbonyl (C=O) groups excluding carboxylic acids is 1. The summed E-state index contributed by atoms with van der Waals surface area (Å²) < 4.78 is 5.75. The van der Waals surface area contributed by atoms with Gasteiger partial charge in [-0.2, -0.15) is 0 Å². The molecule has 0 saturated heterocycles. The molecule has 3 aromatic rings. The number of para-hydroxylation sites is 2. The van der Waals surface area contributed by atoms with Gasteiger partial charge in [-0.25, -0.2) is 0 Å². The second kappa shape index (κ2) is 11.2. The summed E-state index contributed by atoms with van der Waals surface area (Å²) in [6.07, 6.45) is 1.56. The Labute approximate surface area is 171 Å². The molecule has 0 radical (unpaired) electrons. The van der Waals surface area contributed by atoms with E-state index in [1.807, 2.05) is 61.6 Å². The fourth-order valence-corrected chi connectivity index (χ4v) is 2.40. The number of benzene rings is 2. The monoisotopic (exact) mass is 405 g/mol. The second-order valence-corrected chi connectivity index (χ2v) is 5.43. The largest absolute Gasteiger partial charge is 0.457 e. The standard InChI is InChI=1S/C20H19N3O2.2ClH/c1-21-14-15-7-5-6-10-18(15)23-20(24)19-13-17(11-12-22-19)25-16-8-3-2-4-9-16;;/h2-13,21H,14H2,1H3,(H,23,24);2*1H. The molecular formula is C20H21Cl2N3O2. The van der Waals surface area contributed by atoms with Gasteiger partial charge in [0.05, 0.1) is 0 Å². The van der Waals surface area contributed by atoms with Crippen molar-refractivity contribution in [2.45, 2.75) is 6.54 Å². The first kappa shape index (κ1) is 22.4. The van der Waals surface area contributed by atoms with Crippen molar-refractivity contribution in [3.63, 3.8) is 0 Å². The summed E-state index contributed by atoms with van der Waals surface area (Å²) in [7, 11) is 1.87. The van der Waals surface area contributed by atoms with Gasteiger partial charge in [0.1, 0.15) is 17.2 Å². The van der Waals surface area contributed by atoms with Crippen molar-refractivity contribution in [3.05, 3.63) is 84.2 Å². The first-order chi connectivity index (χ1) is 12.3. The molecule has 0 unspecified atom stereocenters. The van der Waals surface area contributed by atoms with Gasteiger partial charge in [0.15, 0.2) is 0 Å². The molecule has 0 spiro atoms. The van der Waals surface area contributed by atoms with Crippen LogP contribution in [0, 0.1) is 0 Å². The van der Waals surface area contributed by atoms with Gasteiger partial charge in [0.25, 0.3) is 5.91 Å². The molecule has 0 aliphatic rings. The fraction of sp³-hybridized carbons (Fsp3) is 0.100. The van der Waals surface area contributed by atoms with E-state index < -0.39 is 0 Å². The van der Waals surface area contributed by atoms with Crippen LogP contribution in [0.25, 0.3) is 0 Å². The molecule has 142 valence electrons. The first-order valence-corrected chi connectivity index (χ1v) is 7.99. The first-order valence-electron chi connectivity index (χ1n) is 7.99. The number of nitrogens with one attached hydrogen (secondary N) is 2. The van der Waals surface area contributed by atoms with E-state index in [-0.39, 0.29) is 30.7 Å². The Kier molecular flexibility index (Phi) is 9.30. The van der Waals surface area contributed by atoms with E-state index in [1.54, 1.807) is 18.3 Å². The molecule has 0 aliphatic heterocycles. The SMILES string of the molecule is CNCc1ccccc1NC(=O)c1cc(Oc2ccccc2)ccn1.Cl.Cl. The van der Waals surface area contributed by atoms with Crippen molar-refractivity contribution < 1.29 is 9.53 Å². The van der Waals surface area contributed by atoms with Crippen LogP contribution >= 0.6 is 24.8 Å². The Morgan fingerprint density at radius 1 is 0.963 bits per heavy atom. The second-order valence-electron chi connectivity index (χ2n) is 5.43. The number of anilines is 1. The summed E-state index contributed by atoms with van der Waals surface area (Å²) in [6, 6.07) is 20.4. The molecule has 0 atom stereocenters. The maximum absolute atomic E-state index is 12.5. The number of nitrogens with zero attached hydrogens (tertiary/aromatic N) is 1. The molecule has 2 N–H and O–H groups in total. The number of halogens is 2. The molecule has 0 fully saturated rings. The van der Waals surface area contributed by atoms with Crippen molar-refractivity contribution >= 4 is 36.4 Å². The number of ether oxygens (including phenoxy) is 1. The quantitative estimate of drug-likeness (QED) is 0.624. The van der Waals surface area contributed by atoms with Gasteiger partial charge in [-0.15, -0.1) is 24.8 Å². The summed E-state index contributed by atoms with van der Waals surface area (Å²) in [4.78, 5) is 16.7. The number of amides is 1. The molecule has 0 saturated carbocycles. The van der Waals surface area contributed by atoms with Gasteiger partial charge >= 0.3 is 0 Å². The molecule has 1 aromatic heterocycles. The maximum Gasteiger partial charge on any atom is 0.274 e. The maximum atomic E-state index is 12.5. The Balaban J connectivity index is 0.00000182. The Morgan fingerprint density at radius 3 is 2.41 bits per heavy atom. The van der Waals surface area contributed by atoms with Crippen LogP contribution < -0.4 is 15.4 Å². The summed E-state index contributed by atoms with van der Waals surface area (Å²) in [6.45, 7) is 0.668. The van der Waals surface area contributed by atoms with Crippen LogP contribution in [0.3, 0.4) is 0 Å². The summed E-state index contributed by atoms with van der Waals surface area (Å²) in [5.74, 6) is 0.997. The van der Waals surface area contributed by atoms with Crippen molar-refractivity contribution in [2.24, 2.45) is 0 Å². The number of pyridine rings is 1. The zero-order valence-corrected chi connectivity index (χ0v) is 16.3. The highest BCUT2D eigenvalue weighted by atomic mass is 35.5. The van der Waals surface area contributed by atoms with Gasteiger partial charge in [0, 0.05) is 24.5 Å². The lowest BCUT2D eigenvalue weighted by atomic mass is 10.1. The third-order valence-electron chi connectivity index (χ3n) is 3.58. The van der Waals surface area contributed by atoms with Crippen LogP contribution in [0.4, 0.5) is 5.69 Å². The zero-order chi connectivity index (χ0) is 17.5. The van der Waals surface area contributed by atoms with Crippen LogP contribution in [0.15, 0.2) is 72.9 Å². The van der Waals surface area contributed by atoms with E-state index in [0.29, 0.717) is 23.7 Å². The minimum absolute atomic E-state index is 0. The fourth-order valence-electron chi connectivity index (χ4n) is 2.40. The zero-order valence-electron chi connectivity index (χ0n) is 14.7. The van der Waals surface area contributed by atoms with Crippen molar-refractivity contribution in [1.29, 1.82) is 0 Å². The van der Waals surface area contributed by atoms with E-state index in [4.69, 9.17) is 4.74 Å². The molecule has 5 nitrogen and oxygen atoms in total. The highest BCUT2D eigenvalue weighted by Crippen LogP contribution is 2.22. The van der Waals surface area contributed by atoms with Crippen LogP contribution in [-0.2, 0) is 6.54 Å². The predicted molar refractivity (Wildman–Crippen MR) is 112 cm³/mol. The molecule has 1 heterocycles. The van der Waals surface area contributed by atoms with Crippen LogP contribution in [0.5, 0.6) is 11.5 Å². The number of rotatable bonds is 6.